The first-order valence-electron chi connectivity index (χ1n) is 5.96. The molecule has 0 fully saturated rings. The summed E-state index contributed by atoms with van der Waals surface area (Å²) < 4.78 is 11.6. The zero-order chi connectivity index (χ0) is 13.8. The van der Waals surface area contributed by atoms with Crippen molar-refractivity contribution in [3.63, 3.8) is 0 Å². The SMILES string of the molecule is CC(C)(C)[S@](=O)C[C@H](Cc1ccccc1)C(=O)O. The van der Waals surface area contributed by atoms with Gasteiger partial charge in [-0.3, -0.25) is 9.00 Å². The van der Waals surface area contributed by atoms with Crippen LogP contribution >= 0.6 is 0 Å². The predicted molar refractivity (Wildman–Crippen MR) is 74.0 cm³/mol. The fourth-order valence-electron chi connectivity index (χ4n) is 1.55. The van der Waals surface area contributed by atoms with Gasteiger partial charge < -0.3 is 5.11 Å². The monoisotopic (exact) mass is 268 g/mol. The third-order valence-electron chi connectivity index (χ3n) is 2.71. The topological polar surface area (TPSA) is 54.4 Å². The Morgan fingerprint density at radius 1 is 1.28 bits per heavy atom. The Morgan fingerprint density at radius 2 is 1.83 bits per heavy atom. The van der Waals surface area contributed by atoms with Crippen molar-refractivity contribution in [1.29, 1.82) is 0 Å². The molecule has 0 radical (unpaired) electrons. The third-order valence-corrected chi connectivity index (χ3v) is 4.78. The molecule has 18 heavy (non-hydrogen) atoms. The molecule has 3 nitrogen and oxygen atoms in total. The molecule has 0 amide bonds. The molecule has 0 heterocycles. The van der Waals surface area contributed by atoms with Crippen LogP contribution in [0.2, 0.25) is 0 Å². The minimum absolute atomic E-state index is 0.202. The second kappa shape index (κ2) is 6.14. The molecule has 0 aliphatic carbocycles. The zero-order valence-electron chi connectivity index (χ0n) is 11.1. The van der Waals surface area contributed by atoms with Gasteiger partial charge in [0.1, 0.15) is 0 Å². The van der Waals surface area contributed by atoms with E-state index in [1.165, 1.54) is 0 Å². The quantitative estimate of drug-likeness (QED) is 0.892. The number of carboxylic acid groups (broad SMARTS) is 1. The second-order valence-corrected chi connectivity index (χ2v) is 7.60. The van der Waals surface area contributed by atoms with E-state index in [1.54, 1.807) is 0 Å². The van der Waals surface area contributed by atoms with Crippen molar-refractivity contribution in [2.75, 3.05) is 5.75 Å². The molecular formula is C14H20O3S. The predicted octanol–water partition coefficient (Wildman–Crippen LogP) is 2.48. The Kier molecular flexibility index (Phi) is 5.08. The molecule has 100 valence electrons. The number of benzene rings is 1. The van der Waals surface area contributed by atoms with E-state index in [0.717, 1.165) is 5.56 Å². The summed E-state index contributed by atoms with van der Waals surface area (Å²) in [7, 11) is -1.14. The van der Waals surface area contributed by atoms with E-state index < -0.39 is 22.7 Å². The Bertz CT molecular complexity index is 420. The highest BCUT2D eigenvalue weighted by Crippen LogP contribution is 2.17. The van der Waals surface area contributed by atoms with E-state index >= 15 is 0 Å². The minimum atomic E-state index is -1.14. The van der Waals surface area contributed by atoms with Gasteiger partial charge in [-0.15, -0.1) is 0 Å². The smallest absolute Gasteiger partial charge is 0.307 e. The van der Waals surface area contributed by atoms with Crippen molar-refractivity contribution < 1.29 is 14.1 Å². The number of carbonyl (C=O) groups is 1. The van der Waals surface area contributed by atoms with Crippen LogP contribution in [0.3, 0.4) is 0 Å². The molecule has 0 unspecified atom stereocenters. The first-order chi connectivity index (χ1) is 8.30. The van der Waals surface area contributed by atoms with Crippen molar-refractivity contribution in [3.05, 3.63) is 35.9 Å². The molecule has 1 N–H and O–H groups in total. The lowest BCUT2D eigenvalue weighted by Gasteiger charge is -2.20. The van der Waals surface area contributed by atoms with Crippen molar-refractivity contribution in [3.8, 4) is 0 Å². The lowest BCUT2D eigenvalue weighted by molar-refractivity contribution is -0.140. The summed E-state index contributed by atoms with van der Waals surface area (Å²) in [5.41, 5.74) is 0.968. The van der Waals surface area contributed by atoms with Gasteiger partial charge in [0, 0.05) is 21.3 Å². The summed E-state index contributed by atoms with van der Waals surface area (Å²) in [5, 5.41) is 9.21. The largest absolute Gasteiger partial charge is 0.481 e. The van der Waals surface area contributed by atoms with Gasteiger partial charge >= 0.3 is 5.97 Å². The molecule has 1 aromatic rings. The summed E-state index contributed by atoms with van der Waals surface area (Å²) >= 11 is 0. The molecule has 1 rings (SSSR count). The average molecular weight is 268 g/mol. The first kappa shape index (κ1) is 14.9. The van der Waals surface area contributed by atoms with Crippen LogP contribution in [0, 0.1) is 5.92 Å². The highest BCUT2D eigenvalue weighted by atomic mass is 32.2. The number of carboxylic acids is 1. The van der Waals surface area contributed by atoms with Crippen molar-refractivity contribution in [1.82, 2.24) is 0 Å². The summed E-state index contributed by atoms with van der Waals surface area (Å²) in [4.78, 5) is 11.2. The Hall–Kier alpha value is -1.16. The van der Waals surface area contributed by atoms with E-state index in [4.69, 9.17) is 0 Å². The molecule has 4 heteroatoms. The number of aliphatic carboxylic acids is 1. The van der Waals surface area contributed by atoms with Gasteiger partial charge in [0.15, 0.2) is 0 Å². The standard InChI is InChI=1S/C14H20O3S/c1-14(2,3)18(17)10-12(13(15)16)9-11-7-5-4-6-8-11/h4-8,12H,9-10H2,1-3H3,(H,15,16)/t12-,18+/m0/s1. The fraction of sp³-hybridized carbons (Fsp3) is 0.500. The van der Waals surface area contributed by atoms with Gasteiger partial charge in [0.25, 0.3) is 0 Å². The Labute approximate surface area is 111 Å². The summed E-state index contributed by atoms with van der Waals surface area (Å²) in [6, 6.07) is 9.46. The highest BCUT2D eigenvalue weighted by Gasteiger charge is 2.27. The van der Waals surface area contributed by atoms with Crippen LogP contribution in [0.5, 0.6) is 0 Å². The van der Waals surface area contributed by atoms with Crippen molar-refractivity contribution in [2.45, 2.75) is 31.9 Å². The maximum Gasteiger partial charge on any atom is 0.307 e. The van der Waals surface area contributed by atoms with Crippen LogP contribution in [-0.4, -0.2) is 25.8 Å². The van der Waals surface area contributed by atoms with Crippen molar-refractivity contribution >= 4 is 16.8 Å². The number of rotatable bonds is 5. The molecule has 0 spiro atoms. The molecule has 0 saturated carbocycles. The molecule has 0 aromatic heterocycles. The van der Waals surface area contributed by atoms with E-state index in [2.05, 4.69) is 0 Å². The average Bonchev–Trinajstić information content (AvgIpc) is 2.28. The van der Waals surface area contributed by atoms with E-state index in [0.29, 0.717) is 6.42 Å². The lowest BCUT2D eigenvalue weighted by atomic mass is 10.0. The Morgan fingerprint density at radius 3 is 2.28 bits per heavy atom. The van der Waals surface area contributed by atoms with Gasteiger partial charge in [0.05, 0.1) is 5.92 Å². The molecular weight excluding hydrogens is 248 g/mol. The summed E-state index contributed by atoms with van der Waals surface area (Å²) in [6.07, 6.45) is 0.429. The van der Waals surface area contributed by atoms with Crippen LogP contribution < -0.4 is 0 Å². The highest BCUT2D eigenvalue weighted by molar-refractivity contribution is 7.86. The number of hydrogen-bond donors (Lipinski definition) is 1. The normalized spacial score (nSPS) is 15.1. The second-order valence-electron chi connectivity index (χ2n) is 5.35. The van der Waals surface area contributed by atoms with E-state index in [1.807, 2.05) is 51.1 Å². The van der Waals surface area contributed by atoms with Crippen LogP contribution in [0.1, 0.15) is 26.3 Å². The first-order valence-corrected chi connectivity index (χ1v) is 7.28. The molecule has 1 aromatic carbocycles. The van der Waals surface area contributed by atoms with Gasteiger partial charge in [-0.2, -0.15) is 0 Å². The molecule has 0 bridgehead atoms. The van der Waals surface area contributed by atoms with Gasteiger partial charge in [-0.25, -0.2) is 0 Å². The van der Waals surface area contributed by atoms with Crippen molar-refractivity contribution in [2.24, 2.45) is 5.92 Å². The molecule has 0 saturated heterocycles. The van der Waals surface area contributed by atoms with Gasteiger partial charge in [-0.05, 0) is 32.8 Å². The minimum Gasteiger partial charge on any atom is -0.481 e. The van der Waals surface area contributed by atoms with Crippen LogP contribution in [0.4, 0.5) is 0 Å². The van der Waals surface area contributed by atoms with E-state index in [-0.39, 0.29) is 10.5 Å². The summed E-state index contributed by atoms with van der Waals surface area (Å²) in [5.74, 6) is -1.27. The Balaban J connectivity index is 2.73. The van der Waals surface area contributed by atoms with Gasteiger partial charge in [0.2, 0.25) is 0 Å². The molecule has 0 aliphatic heterocycles. The lowest BCUT2D eigenvalue weighted by Crippen LogP contribution is -2.31. The van der Waals surface area contributed by atoms with Crippen LogP contribution in [-0.2, 0) is 22.0 Å². The molecule has 0 aliphatic rings. The third kappa shape index (κ3) is 4.61. The summed E-state index contributed by atoms with van der Waals surface area (Å²) in [6.45, 7) is 5.60. The van der Waals surface area contributed by atoms with Crippen LogP contribution in [0.15, 0.2) is 30.3 Å². The van der Waals surface area contributed by atoms with Gasteiger partial charge in [-0.1, -0.05) is 30.3 Å². The maximum absolute atomic E-state index is 12.0. The van der Waals surface area contributed by atoms with Crippen LogP contribution in [0.25, 0.3) is 0 Å². The molecule has 2 atom stereocenters. The zero-order valence-corrected chi connectivity index (χ0v) is 11.9. The maximum atomic E-state index is 12.0. The van der Waals surface area contributed by atoms with E-state index in [9.17, 15) is 14.1 Å². The fourth-order valence-corrected chi connectivity index (χ4v) is 2.67. The number of hydrogen-bond acceptors (Lipinski definition) is 2.